The smallest absolute Gasteiger partial charge is 0.326 e. The van der Waals surface area contributed by atoms with Gasteiger partial charge in [0.2, 0.25) is 0 Å². The van der Waals surface area contributed by atoms with Gasteiger partial charge in [0.05, 0.1) is 0 Å². The first-order chi connectivity index (χ1) is 10.5. The van der Waals surface area contributed by atoms with Crippen molar-refractivity contribution >= 4 is 11.9 Å². The fourth-order valence-electron chi connectivity index (χ4n) is 1.96. The number of carbonyl (C=O) groups is 2. The van der Waals surface area contributed by atoms with E-state index >= 15 is 0 Å². The van der Waals surface area contributed by atoms with Crippen LogP contribution < -0.4 is 5.32 Å². The van der Waals surface area contributed by atoms with Crippen molar-refractivity contribution < 1.29 is 24.9 Å². The second kappa shape index (κ2) is 6.62. The van der Waals surface area contributed by atoms with Gasteiger partial charge in [0.1, 0.15) is 6.04 Å². The summed E-state index contributed by atoms with van der Waals surface area (Å²) in [5, 5.41) is 30.3. The Balaban J connectivity index is 2.12. The largest absolute Gasteiger partial charge is 0.504 e. The van der Waals surface area contributed by atoms with Gasteiger partial charge < -0.3 is 20.6 Å². The van der Waals surface area contributed by atoms with Crippen molar-refractivity contribution in [3.8, 4) is 11.5 Å². The van der Waals surface area contributed by atoms with Crippen LogP contribution in [0.3, 0.4) is 0 Å². The zero-order chi connectivity index (χ0) is 16.1. The van der Waals surface area contributed by atoms with Crippen LogP contribution in [-0.2, 0) is 11.2 Å². The summed E-state index contributed by atoms with van der Waals surface area (Å²) in [6, 6.07) is 11.2. The van der Waals surface area contributed by atoms with Crippen molar-refractivity contribution in [3.63, 3.8) is 0 Å². The highest BCUT2D eigenvalue weighted by atomic mass is 16.4. The Morgan fingerprint density at radius 2 is 1.68 bits per heavy atom. The highest BCUT2D eigenvalue weighted by Crippen LogP contribution is 2.25. The highest BCUT2D eigenvalue weighted by molar-refractivity contribution is 5.96. The van der Waals surface area contributed by atoms with E-state index in [1.54, 1.807) is 30.3 Å². The summed E-state index contributed by atoms with van der Waals surface area (Å²) in [7, 11) is 0. The van der Waals surface area contributed by atoms with Gasteiger partial charge in [0.15, 0.2) is 11.5 Å². The van der Waals surface area contributed by atoms with Crippen LogP contribution in [0.15, 0.2) is 48.5 Å². The zero-order valence-corrected chi connectivity index (χ0v) is 11.6. The topological polar surface area (TPSA) is 107 Å². The van der Waals surface area contributed by atoms with Crippen LogP contribution >= 0.6 is 0 Å². The molecule has 0 aliphatic carbocycles. The first-order valence-electron chi connectivity index (χ1n) is 6.57. The van der Waals surface area contributed by atoms with Crippen molar-refractivity contribution in [1.29, 1.82) is 0 Å². The summed E-state index contributed by atoms with van der Waals surface area (Å²) in [5.41, 5.74) is 0.846. The van der Waals surface area contributed by atoms with Gasteiger partial charge in [0.25, 0.3) is 5.91 Å². The number of phenols is 2. The number of hydrogen-bond acceptors (Lipinski definition) is 4. The lowest BCUT2D eigenvalue weighted by Gasteiger charge is -2.15. The lowest BCUT2D eigenvalue weighted by Crippen LogP contribution is -2.42. The quantitative estimate of drug-likeness (QED) is 0.626. The molecule has 2 rings (SSSR count). The number of carbonyl (C=O) groups excluding carboxylic acids is 1. The number of amides is 1. The van der Waals surface area contributed by atoms with Crippen LogP contribution in [0.1, 0.15) is 15.9 Å². The number of hydrogen-bond donors (Lipinski definition) is 4. The Kier molecular flexibility index (Phi) is 4.63. The predicted octanol–water partition coefficient (Wildman–Crippen LogP) is 1.52. The molecular weight excluding hydrogens is 286 g/mol. The number of aliphatic carboxylic acids is 1. The van der Waals surface area contributed by atoms with E-state index in [-0.39, 0.29) is 17.9 Å². The van der Waals surface area contributed by atoms with Crippen molar-refractivity contribution in [1.82, 2.24) is 5.32 Å². The van der Waals surface area contributed by atoms with Crippen LogP contribution in [0, 0.1) is 0 Å². The van der Waals surface area contributed by atoms with Gasteiger partial charge in [-0.15, -0.1) is 0 Å². The fourth-order valence-corrected chi connectivity index (χ4v) is 1.96. The van der Waals surface area contributed by atoms with Crippen molar-refractivity contribution in [2.45, 2.75) is 12.5 Å². The third kappa shape index (κ3) is 3.76. The van der Waals surface area contributed by atoms with Gasteiger partial charge in [-0.2, -0.15) is 0 Å². The number of carboxylic acid groups (broad SMARTS) is 1. The molecular formula is C16H15NO5. The Bertz CT molecular complexity index is 684. The average Bonchev–Trinajstić information content (AvgIpc) is 2.51. The minimum atomic E-state index is -1.18. The van der Waals surface area contributed by atoms with Crippen molar-refractivity contribution in [2.75, 3.05) is 0 Å². The molecule has 2 aromatic rings. The molecule has 0 heterocycles. The molecule has 1 atom stereocenters. The molecule has 0 aliphatic heterocycles. The van der Waals surface area contributed by atoms with E-state index in [9.17, 15) is 24.9 Å². The summed E-state index contributed by atoms with van der Waals surface area (Å²) in [6.07, 6.45) is -0.0122. The molecule has 0 spiro atoms. The van der Waals surface area contributed by atoms with Crippen LogP contribution in [0.2, 0.25) is 0 Å². The van der Waals surface area contributed by atoms with Crippen LogP contribution in [0.4, 0.5) is 0 Å². The molecule has 6 nitrogen and oxygen atoms in total. The molecule has 0 saturated carbocycles. The van der Waals surface area contributed by atoms with Gasteiger partial charge in [-0.1, -0.05) is 24.3 Å². The van der Waals surface area contributed by atoms with E-state index in [0.717, 1.165) is 0 Å². The van der Waals surface area contributed by atoms with Gasteiger partial charge >= 0.3 is 5.97 Å². The lowest BCUT2D eigenvalue weighted by atomic mass is 10.0. The van der Waals surface area contributed by atoms with Crippen LogP contribution in [0.25, 0.3) is 0 Å². The summed E-state index contributed by atoms with van der Waals surface area (Å²) in [5.74, 6) is -2.30. The van der Waals surface area contributed by atoms with E-state index in [4.69, 9.17) is 0 Å². The fraction of sp³-hybridized carbons (Fsp3) is 0.125. The molecule has 0 bridgehead atoms. The number of aromatic hydroxyl groups is 2. The Hall–Kier alpha value is -3.02. The summed E-state index contributed by atoms with van der Waals surface area (Å²) < 4.78 is 0. The molecule has 22 heavy (non-hydrogen) atoms. The molecule has 2 aromatic carbocycles. The summed E-state index contributed by atoms with van der Waals surface area (Å²) in [4.78, 5) is 23.3. The molecule has 0 fully saturated rings. The van der Waals surface area contributed by atoms with Crippen molar-refractivity contribution in [2.24, 2.45) is 0 Å². The second-order valence-electron chi connectivity index (χ2n) is 4.76. The van der Waals surface area contributed by atoms with Gasteiger partial charge in [0, 0.05) is 12.0 Å². The SMILES string of the molecule is O=C(NC(Cc1ccc(O)c(O)c1)C(=O)O)c1ccccc1. The maximum Gasteiger partial charge on any atom is 0.326 e. The molecule has 0 aliphatic rings. The van der Waals surface area contributed by atoms with Gasteiger partial charge in [-0.3, -0.25) is 4.79 Å². The van der Waals surface area contributed by atoms with Gasteiger partial charge in [-0.05, 0) is 29.8 Å². The summed E-state index contributed by atoms with van der Waals surface area (Å²) >= 11 is 0. The second-order valence-corrected chi connectivity index (χ2v) is 4.76. The Labute approximate surface area is 126 Å². The van der Waals surface area contributed by atoms with E-state index < -0.39 is 17.9 Å². The third-order valence-electron chi connectivity index (χ3n) is 3.12. The summed E-state index contributed by atoms with van der Waals surface area (Å²) in [6.45, 7) is 0. The number of rotatable bonds is 5. The zero-order valence-electron chi connectivity index (χ0n) is 11.6. The Morgan fingerprint density at radius 3 is 2.27 bits per heavy atom. The molecule has 1 amide bonds. The molecule has 0 saturated heterocycles. The van der Waals surface area contributed by atoms with Crippen molar-refractivity contribution in [3.05, 3.63) is 59.7 Å². The van der Waals surface area contributed by atoms with E-state index in [1.165, 1.54) is 18.2 Å². The van der Waals surface area contributed by atoms with Gasteiger partial charge in [-0.25, -0.2) is 4.79 Å². The monoisotopic (exact) mass is 301 g/mol. The molecule has 1 unspecified atom stereocenters. The molecule has 114 valence electrons. The molecule has 0 aromatic heterocycles. The average molecular weight is 301 g/mol. The Morgan fingerprint density at radius 1 is 1.00 bits per heavy atom. The molecule has 6 heteroatoms. The normalized spacial score (nSPS) is 11.6. The third-order valence-corrected chi connectivity index (χ3v) is 3.12. The standard InChI is InChI=1S/C16H15NO5/c18-13-7-6-10(9-14(13)19)8-12(16(21)22)17-15(20)11-4-2-1-3-5-11/h1-7,9,12,18-19H,8H2,(H,17,20)(H,21,22). The minimum Gasteiger partial charge on any atom is -0.504 e. The number of benzene rings is 2. The minimum absolute atomic E-state index is 0.0122. The van der Waals surface area contributed by atoms with Crippen LogP contribution in [0.5, 0.6) is 11.5 Å². The van der Waals surface area contributed by atoms with E-state index in [1.807, 2.05) is 0 Å². The number of nitrogens with one attached hydrogen (secondary N) is 1. The maximum absolute atomic E-state index is 12.0. The maximum atomic E-state index is 12.0. The predicted molar refractivity (Wildman–Crippen MR) is 78.8 cm³/mol. The number of phenolic OH excluding ortho intramolecular Hbond substituents is 2. The lowest BCUT2D eigenvalue weighted by molar-refractivity contribution is -0.139. The number of carboxylic acids is 1. The molecule has 0 radical (unpaired) electrons. The van der Waals surface area contributed by atoms with E-state index in [0.29, 0.717) is 11.1 Å². The first kappa shape index (κ1) is 15.4. The molecule has 4 N–H and O–H groups in total. The van der Waals surface area contributed by atoms with Crippen LogP contribution in [-0.4, -0.2) is 33.2 Å². The first-order valence-corrected chi connectivity index (χ1v) is 6.57. The highest BCUT2D eigenvalue weighted by Gasteiger charge is 2.21. The van der Waals surface area contributed by atoms with E-state index in [2.05, 4.69) is 5.32 Å².